The number of likely N-dealkylation sites (tertiary alicyclic amines) is 1. The third-order valence-electron chi connectivity index (χ3n) is 4.75. The van der Waals surface area contributed by atoms with Gasteiger partial charge in [0.15, 0.2) is 0 Å². The zero-order valence-electron chi connectivity index (χ0n) is 15.5. The van der Waals surface area contributed by atoms with Crippen molar-refractivity contribution >= 4 is 29.1 Å². The van der Waals surface area contributed by atoms with Gasteiger partial charge < -0.3 is 9.47 Å². The zero-order chi connectivity index (χ0) is 19.3. The van der Waals surface area contributed by atoms with Gasteiger partial charge in [0.25, 0.3) is 5.91 Å². The molecule has 0 unspecified atom stereocenters. The van der Waals surface area contributed by atoms with Gasteiger partial charge in [0.2, 0.25) is 11.9 Å². The van der Waals surface area contributed by atoms with Gasteiger partial charge in [-0.2, -0.15) is 0 Å². The molecule has 1 saturated heterocycles. The summed E-state index contributed by atoms with van der Waals surface area (Å²) in [6.07, 6.45) is 9.71. The fraction of sp³-hybridized carbons (Fsp3) is 0.368. The van der Waals surface area contributed by atoms with E-state index in [1.54, 1.807) is 0 Å². The maximum absolute atomic E-state index is 12.6. The van der Waals surface area contributed by atoms with E-state index in [0.29, 0.717) is 4.88 Å². The summed E-state index contributed by atoms with van der Waals surface area (Å²) in [6.45, 7) is 1.74. The second-order valence-corrected chi connectivity index (χ2v) is 7.66. The smallest absolute Gasteiger partial charge is 0.270 e. The van der Waals surface area contributed by atoms with Gasteiger partial charge in [0.05, 0.1) is 5.69 Å². The lowest BCUT2D eigenvalue weighted by Crippen LogP contribution is -2.34. The van der Waals surface area contributed by atoms with Gasteiger partial charge in [0.1, 0.15) is 17.7 Å². The Balaban J connectivity index is 1.39. The van der Waals surface area contributed by atoms with E-state index in [-0.39, 0.29) is 24.3 Å². The van der Waals surface area contributed by atoms with Crippen LogP contribution in [0.3, 0.4) is 0 Å². The first kappa shape index (κ1) is 18.4. The van der Waals surface area contributed by atoms with Crippen molar-refractivity contribution in [1.29, 1.82) is 0 Å². The van der Waals surface area contributed by atoms with Gasteiger partial charge in [-0.3, -0.25) is 14.9 Å². The average Bonchev–Trinajstić information content (AvgIpc) is 3.41. The minimum absolute atomic E-state index is 0.0397. The number of thiophene rings is 1. The quantitative estimate of drug-likeness (QED) is 0.716. The van der Waals surface area contributed by atoms with Crippen molar-refractivity contribution in [2.75, 3.05) is 18.4 Å². The second-order valence-electron chi connectivity index (χ2n) is 6.74. The molecule has 3 aromatic heterocycles. The van der Waals surface area contributed by atoms with Crippen LogP contribution in [0.4, 0.5) is 5.95 Å². The number of hydrogen-bond acceptors (Lipinski definition) is 5. The lowest BCUT2D eigenvalue weighted by molar-refractivity contribution is -0.132. The largest absolute Gasteiger partial charge is 0.341 e. The molecule has 0 radical (unpaired) electrons. The van der Waals surface area contributed by atoms with Crippen LogP contribution in [0.2, 0.25) is 0 Å². The Morgan fingerprint density at radius 3 is 2.61 bits per heavy atom. The van der Waals surface area contributed by atoms with E-state index in [1.165, 1.54) is 35.2 Å². The molecule has 0 spiro atoms. The van der Waals surface area contributed by atoms with Crippen LogP contribution in [0, 0.1) is 0 Å². The summed E-state index contributed by atoms with van der Waals surface area (Å²) in [7, 11) is 0. The highest BCUT2D eigenvalue weighted by Crippen LogP contribution is 2.22. The summed E-state index contributed by atoms with van der Waals surface area (Å²) in [5.74, 6) is -0.0337. The molecule has 0 atom stereocenters. The molecular formula is C19H22N6O2S. The minimum Gasteiger partial charge on any atom is -0.341 e. The minimum atomic E-state index is -0.268. The van der Waals surface area contributed by atoms with Crippen molar-refractivity contribution in [3.05, 3.63) is 47.2 Å². The van der Waals surface area contributed by atoms with E-state index in [2.05, 4.69) is 15.4 Å². The van der Waals surface area contributed by atoms with Crippen LogP contribution in [-0.4, -0.2) is 49.1 Å². The molecule has 0 bridgehead atoms. The van der Waals surface area contributed by atoms with Crippen LogP contribution >= 0.6 is 11.3 Å². The summed E-state index contributed by atoms with van der Waals surface area (Å²) in [4.78, 5) is 31.7. The Morgan fingerprint density at radius 2 is 1.86 bits per heavy atom. The number of nitrogens with zero attached hydrogens (tertiary/aromatic N) is 5. The third kappa shape index (κ3) is 4.14. The summed E-state index contributed by atoms with van der Waals surface area (Å²) in [6, 6.07) is 5.71. The van der Waals surface area contributed by atoms with Gasteiger partial charge in [-0.15, -0.1) is 16.4 Å². The van der Waals surface area contributed by atoms with Crippen LogP contribution in [-0.2, 0) is 11.3 Å². The van der Waals surface area contributed by atoms with Gasteiger partial charge in [-0.05, 0) is 36.4 Å². The molecule has 146 valence electrons. The SMILES string of the molecule is O=C(Nc1ncn(CC(=O)N2CCCCCC2)n1)c1sccc1-n1cccc1. The monoisotopic (exact) mass is 398 g/mol. The lowest BCUT2D eigenvalue weighted by atomic mass is 10.2. The summed E-state index contributed by atoms with van der Waals surface area (Å²) in [5.41, 5.74) is 0.809. The van der Waals surface area contributed by atoms with E-state index in [9.17, 15) is 9.59 Å². The van der Waals surface area contributed by atoms with E-state index in [4.69, 9.17) is 0 Å². The molecule has 1 fully saturated rings. The van der Waals surface area contributed by atoms with Crippen LogP contribution < -0.4 is 5.32 Å². The number of nitrogens with one attached hydrogen (secondary N) is 1. The van der Waals surface area contributed by atoms with Crippen LogP contribution in [0.1, 0.15) is 35.4 Å². The molecule has 1 N–H and O–H groups in total. The van der Waals surface area contributed by atoms with Crippen molar-refractivity contribution < 1.29 is 9.59 Å². The molecule has 4 heterocycles. The molecule has 1 aliphatic heterocycles. The molecule has 3 aromatic rings. The number of carbonyl (C=O) groups is 2. The predicted molar refractivity (Wildman–Crippen MR) is 107 cm³/mol. The zero-order valence-corrected chi connectivity index (χ0v) is 16.3. The molecular weight excluding hydrogens is 376 g/mol. The molecule has 4 rings (SSSR count). The molecule has 0 aromatic carbocycles. The number of rotatable bonds is 5. The summed E-state index contributed by atoms with van der Waals surface area (Å²) < 4.78 is 3.36. The first-order valence-corrected chi connectivity index (χ1v) is 10.3. The Bertz CT molecular complexity index is 937. The second kappa shape index (κ2) is 8.39. The van der Waals surface area contributed by atoms with E-state index >= 15 is 0 Å². The average molecular weight is 398 g/mol. The maximum atomic E-state index is 12.6. The number of anilines is 1. The van der Waals surface area contributed by atoms with Crippen LogP contribution in [0.25, 0.3) is 5.69 Å². The standard InChI is InChI=1S/C19H22N6O2S/c26-16(24-10-3-1-2-4-11-24)13-25-14-20-19(22-25)21-18(27)17-15(7-12-28-17)23-8-5-6-9-23/h5-9,12,14H,1-4,10-11,13H2,(H,21,22,27). The highest BCUT2D eigenvalue weighted by Gasteiger charge is 2.18. The number of hydrogen-bond donors (Lipinski definition) is 1. The van der Waals surface area contributed by atoms with E-state index < -0.39 is 0 Å². The number of aromatic nitrogens is 4. The maximum Gasteiger partial charge on any atom is 0.270 e. The Kier molecular flexibility index (Phi) is 5.52. The van der Waals surface area contributed by atoms with E-state index in [0.717, 1.165) is 31.6 Å². The van der Waals surface area contributed by atoms with Crippen molar-refractivity contribution in [3.8, 4) is 5.69 Å². The van der Waals surface area contributed by atoms with Gasteiger partial charge >= 0.3 is 0 Å². The summed E-state index contributed by atoms with van der Waals surface area (Å²) >= 11 is 1.36. The van der Waals surface area contributed by atoms with Crippen molar-refractivity contribution in [3.63, 3.8) is 0 Å². The fourth-order valence-corrected chi connectivity index (χ4v) is 4.10. The fourth-order valence-electron chi connectivity index (χ4n) is 3.32. The van der Waals surface area contributed by atoms with Crippen LogP contribution in [0.5, 0.6) is 0 Å². The van der Waals surface area contributed by atoms with Crippen LogP contribution in [0.15, 0.2) is 42.3 Å². The Labute approximate surface area is 166 Å². The highest BCUT2D eigenvalue weighted by atomic mass is 32.1. The van der Waals surface area contributed by atoms with Crippen molar-refractivity contribution in [1.82, 2.24) is 24.2 Å². The predicted octanol–water partition coefficient (Wildman–Crippen LogP) is 2.79. The van der Waals surface area contributed by atoms with Gasteiger partial charge in [-0.1, -0.05) is 12.8 Å². The number of carbonyl (C=O) groups excluding carboxylic acids is 2. The molecule has 28 heavy (non-hydrogen) atoms. The Morgan fingerprint density at radius 1 is 1.11 bits per heavy atom. The topological polar surface area (TPSA) is 85.1 Å². The lowest BCUT2D eigenvalue weighted by Gasteiger charge is -2.19. The van der Waals surface area contributed by atoms with Gasteiger partial charge in [0, 0.05) is 25.5 Å². The molecule has 1 aliphatic rings. The molecule has 8 nitrogen and oxygen atoms in total. The van der Waals surface area contributed by atoms with Crippen molar-refractivity contribution in [2.24, 2.45) is 0 Å². The first-order valence-electron chi connectivity index (χ1n) is 9.40. The Hall–Kier alpha value is -2.94. The van der Waals surface area contributed by atoms with Gasteiger partial charge in [-0.25, -0.2) is 9.67 Å². The van der Waals surface area contributed by atoms with E-state index in [1.807, 2.05) is 45.4 Å². The normalized spacial score (nSPS) is 14.6. The van der Waals surface area contributed by atoms with Crippen molar-refractivity contribution in [2.45, 2.75) is 32.2 Å². The highest BCUT2D eigenvalue weighted by molar-refractivity contribution is 7.12. The first-order chi connectivity index (χ1) is 13.7. The summed E-state index contributed by atoms with van der Waals surface area (Å²) in [5, 5.41) is 8.83. The molecule has 9 heteroatoms. The third-order valence-corrected chi connectivity index (χ3v) is 5.65. The molecule has 0 saturated carbocycles. The molecule has 0 aliphatic carbocycles. The molecule has 2 amide bonds. The number of amides is 2.